The third-order valence-corrected chi connectivity index (χ3v) is 4.68. The summed E-state index contributed by atoms with van der Waals surface area (Å²) in [6.45, 7) is 1.12. The van der Waals surface area contributed by atoms with Gasteiger partial charge in [-0.05, 0) is 30.3 Å². The zero-order chi connectivity index (χ0) is 19.1. The molecule has 140 valence electrons. The molecular weight excluding hydrogens is 383 g/mol. The summed E-state index contributed by atoms with van der Waals surface area (Å²) in [4.78, 5) is 8.77. The summed E-state index contributed by atoms with van der Waals surface area (Å²) in [5, 5.41) is 14.7. The van der Waals surface area contributed by atoms with Crippen LogP contribution >= 0.6 is 11.6 Å². The van der Waals surface area contributed by atoms with E-state index in [1.165, 1.54) is 12.1 Å². The molecule has 0 bridgehead atoms. The van der Waals surface area contributed by atoms with Crippen LogP contribution in [-0.2, 0) is 0 Å². The number of aromatic nitrogens is 4. The van der Waals surface area contributed by atoms with E-state index in [9.17, 15) is 4.39 Å². The van der Waals surface area contributed by atoms with E-state index in [-0.39, 0.29) is 0 Å². The average Bonchev–Trinajstić information content (AvgIpc) is 3.19. The molecule has 4 heterocycles. The molecular formula is C19H14ClFN6O. The molecule has 7 nitrogen and oxygen atoms in total. The Hall–Kier alpha value is -3.39. The predicted octanol–water partition coefficient (Wildman–Crippen LogP) is 4.36. The number of ether oxygens (including phenoxy) is 1. The second-order valence-corrected chi connectivity index (χ2v) is 6.68. The average molecular weight is 397 g/mol. The monoisotopic (exact) mass is 396 g/mol. The molecule has 5 rings (SSSR count). The molecule has 0 aliphatic carbocycles. The van der Waals surface area contributed by atoms with Crippen LogP contribution in [0.15, 0.2) is 42.7 Å². The second-order valence-electron chi connectivity index (χ2n) is 6.25. The first-order valence-electron chi connectivity index (χ1n) is 8.61. The first kappa shape index (κ1) is 16.8. The summed E-state index contributed by atoms with van der Waals surface area (Å²) in [6, 6.07) is 7.97. The van der Waals surface area contributed by atoms with Gasteiger partial charge in [0.25, 0.3) is 0 Å². The van der Waals surface area contributed by atoms with Crippen molar-refractivity contribution >= 4 is 39.8 Å². The molecule has 9 heteroatoms. The molecule has 28 heavy (non-hydrogen) atoms. The Balaban J connectivity index is 1.66. The van der Waals surface area contributed by atoms with Crippen molar-refractivity contribution in [2.24, 2.45) is 0 Å². The lowest BCUT2D eigenvalue weighted by atomic mass is 10.1. The minimum atomic E-state index is -0.402. The van der Waals surface area contributed by atoms with Gasteiger partial charge >= 0.3 is 0 Å². The van der Waals surface area contributed by atoms with E-state index in [1.54, 1.807) is 24.5 Å². The topological polar surface area (TPSA) is 87.8 Å². The van der Waals surface area contributed by atoms with Crippen LogP contribution in [0.25, 0.3) is 22.3 Å². The largest absolute Gasteiger partial charge is 0.486 e. The molecule has 0 saturated heterocycles. The van der Waals surface area contributed by atoms with E-state index in [2.05, 4.69) is 30.8 Å². The Labute approximate surface area is 163 Å². The molecule has 0 spiro atoms. The van der Waals surface area contributed by atoms with Crippen molar-refractivity contribution < 1.29 is 9.13 Å². The molecule has 0 unspecified atom stereocenters. The number of benzene rings is 1. The maximum absolute atomic E-state index is 14.4. The molecule has 0 radical (unpaired) electrons. The van der Waals surface area contributed by atoms with Gasteiger partial charge in [-0.25, -0.2) is 14.4 Å². The van der Waals surface area contributed by atoms with Crippen LogP contribution in [0.3, 0.4) is 0 Å². The summed E-state index contributed by atoms with van der Waals surface area (Å²) < 4.78 is 20.2. The highest BCUT2D eigenvalue weighted by atomic mass is 35.5. The van der Waals surface area contributed by atoms with E-state index >= 15 is 0 Å². The highest BCUT2D eigenvalue weighted by molar-refractivity contribution is 6.30. The van der Waals surface area contributed by atoms with Gasteiger partial charge < -0.3 is 15.4 Å². The number of halogens is 2. The van der Waals surface area contributed by atoms with Crippen LogP contribution in [0, 0.1) is 5.82 Å². The summed E-state index contributed by atoms with van der Waals surface area (Å²) in [7, 11) is 0. The molecule has 3 aromatic heterocycles. The van der Waals surface area contributed by atoms with Gasteiger partial charge in [0.05, 0.1) is 35.2 Å². The lowest BCUT2D eigenvalue weighted by Crippen LogP contribution is -2.20. The zero-order valence-corrected chi connectivity index (χ0v) is 15.2. The number of nitrogens with one attached hydrogen (secondary N) is 3. The molecule has 0 amide bonds. The zero-order valence-electron chi connectivity index (χ0n) is 14.5. The lowest BCUT2D eigenvalue weighted by molar-refractivity contribution is 0.323. The van der Waals surface area contributed by atoms with Crippen molar-refractivity contribution in [2.75, 3.05) is 23.8 Å². The minimum Gasteiger partial charge on any atom is -0.486 e. The first-order valence-corrected chi connectivity index (χ1v) is 8.99. The van der Waals surface area contributed by atoms with Gasteiger partial charge in [0.1, 0.15) is 12.4 Å². The van der Waals surface area contributed by atoms with Crippen molar-refractivity contribution in [1.29, 1.82) is 0 Å². The van der Waals surface area contributed by atoms with Crippen LogP contribution in [0.5, 0.6) is 5.75 Å². The molecule has 0 saturated carbocycles. The van der Waals surface area contributed by atoms with Crippen LogP contribution in [0.1, 0.15) is 0 Å². The van der Waals surface area contributed by atoms with E-state index < -0.39 is 5.82 Å². The van der Waals surface area contributed by atoms with Crippen LogP contribution < -0.4 is 15.4 Å². The van der Waals surface area contributed by atoms with Gasteiger partial charge in [0.15, 0.2) is 17.2 Å². The number of hydrogen-bond acceptors (Lipinski definition) is 6. The van der Waals surface area contributed by atoms with Crippen LogP contribution in [0.2, 0.25) is 5.02 Å². The minimum absolute atomic E-state index is 0.314. The van der Waals surface area contributed by atoms with Gasteiger partial charge in [0.2, 0.25) is 0 Å². The lowest BCUT2D eigenvalue weighted by Gasteiger charge is -2.23. The summed E-state index contributed by atoms with van der Waals surface area (Å²) in [5.74, 6) is 0.717. The summed E-state index contributed by atoms with van der Waals surface area (Å²) in [5.41, 5.74) is 2.86. The van der Waals surface area contributed by atoms with Gasteiger partial charge in [-0.3, -0.25) is 5.10 Å². The number of pyridine rings is 2. The summed E-state index contributed by atoms with van der Waals surface area (Å²) >= 11 is 6.06. The van der Waals surface area contributed by atoms with Crippen molar-refractivity contribution in [3.8, 4) is 17.0 Å². The number of aromatic amines is 1. The number of nitrogens with zero attached hydrogens (tertiary/aromatic N) is 3. The molecule has 1 aliphatic rings. The Morgan fingerprint density at radius 3 is 3.04 bits per heavy atom. The fourth-order valence-electron chi connectivity index (χ4n) is 3.15. The molecule has 3 N–H and O–H groups in total. The third-order valence-electron chi connectivity index (χ3n) is 4.44. The van der Waals surface area contributed by atoms with E-state index in [0.29, 0.717) is 52.3 Å². The van der Waals surface area contributed by atoms with Crippen molar-refractivity contribution in [1.82, 2.24) is 20.2 Å². The van der Waals surface area contributed by atoms with E-state index in [0.717, 1.165) is 11.1 Å². The molecule has 1 aliphatic heterocycles. The first-order chi connectivity index (χ1) is 13.7. The van der Waals surface area contributed by atoms with Crippen molar-refractivity contribution in [3.63, 3.8) is 0 Å². The maximum Gasteiger partial charge on any atom is 0.185 e. The molecule has 0 fully saturated rings. The molecule has 4 aromatic rings. The van der Waals surface area contributed by atoms with Crippen LogP contribution in [-0.4, -0.2) is 33.3 Å². The standard InChI is InChI=1S/C19H14ClFN6O/c20-10-1-2-13(21)11(7-10)15-8-16(17-19(26-15)23-5-6-28-17)25-14-3-4-22-18-12(14)9-24-27-18/h1-4,7-9H,5-6H2,(H3,22,23,24,25,26,27). The summed E-state index contributed by atoms with van der Waals surface area (Å²) in [6.07, 6.45) is 3.36. The van der Waals surface area contributed by atoms with Crippen molar-refractivity contribution in [3.05, 3.63) is 53.6 Å². The predicted molar refractivity (Wildman–Crippen MR) is 106 cm³/mol. The van der Waals surface area contributed by atoms with Crippen LogP contribution in [0.4, 0.5) is 21.6 Å². The van der Waals surface area contributed by atoms with Gasteiger partial charge in [-0.2, -0.15) is 5.10 Å². The number of rotatable bonds is 3. The van der Waals surface area contributed by atoms with Crippen molar-refractivity contribution in [2.45, 2.75) is 0 Å². The van der Waals surface area contributed by atoms with Gasteiger partial charge in [0, 0.05) is 16.8 Å². The Kier molecular flexibility index (Phi) is 3.98. The molecule has 1 aromatic carbocycles. The highest BCUT2D eigenvalue weighted by Gasteiger charge is 2.20. The number of fused-ring (bicyclic) bond motifs is 2. The van der Waals surface area contributed by atoms with Gasteiger partial charge in [-0.15, -0.1) is 0 Å². The Morgan fingerprint density at radius 2 is 2.11 bits per heavy atom. The van der Waals surface area contributed by atoms with Gasteiger partial charge in [-0.1, -0.05) is 11.6 Å². The SMILES string of the molecule is Fc1ccc(Cl)cc1-c1cc(Nc2ccnc3[nH]ncc23)c2c(n1)NCCO2. The number of anilines is 3. The Bertz CT molecular complexity index is 1190. The molecule has 0 atom stereocenters. The quantitative estimate of drug-likeness (QED) is 0.477. The fourth-order valence-corrected chi connectivity index (χ4v) is 3.32. The Morgan fingerprint density at radius 1 is 1.18 bits per heavy atom. The number of hydrogen-bond donors (Lipinski definition) is 3. The fraction of sp³-hybridized carbons (Fsp3) is 0.105. The highest BCUT2D eigenvalue weighted by Crippen LogP contribution is 2.40. The third kappa shape index (κ3) is 2.87. The normalized spacial score (nSPS) is 12.9. The van der Waals surface area contributed by atoms with E-state index in [1.807, 2.05) is 6.07 Å². The smallest absolute Gasteiger partial charge is 0.185 e. The maximum atomic E-state index is 14.4. The second kappa shape index (κ2) is 6.65. The van der Waals surface area contributed by atoms with E-state index in [4.69, 9.17) is 16.3 Å². The number of H-pyrrole nitrogens is 1.